The Morgan fingerprint density at radius 2 is 1.42 bits per heavy atom. The Bertz CT molecular complexity index is 784. The molecule has 0 radical (unpaired) electrons. The fourth-order valence-corrected chi connectivity index (χ4v) is 3.89. The molecule has 2 heteroatoms. The molecule has 120 valence electrons. The standard InChI is InChI=1S/C22H23N2/c1-18-12-21-16-24(17-22(21)23-13-18,14-19-8-4-2-5-9-19)15-20-10-6-3-7-11-20/h2-13H,14-17H2,1H3/q+1. The molecular formula is C22H23N2+. The molecule has 2 heterocycles. The molecule has 0 aliphatic carbocycles. The maximum absolute atomic E-state index is 4.72. The first-order valence-electron chi connectivity index (χ1n) is 8.60. The first-order valence-corrected chi connectivity index (χ1v) is 8.60. The molecule has 2 aromatic carbocycles. The third-order valence-corrected chi connectivity index (χ3v) is 4.91. The maximum Gasteiger partial charge on any atom is 0.123 e. The normalized spacial score (nSPS) is 15.2. The van der Waals surface area contributed by atoms with Crippen LogP contribution >= 0.6 is 0 Å². The highest BCUT2D eigenvalue weighted by atomic mass is 15.4. The zero-order valence-electron chi connectivity index (χ0n) is 14.2. The molecule has 3 aromatic rings. The molecule has 2 nitrogen and oxygen atoms in total. The van der Waals surface area contributed by atoms with Gasteiger partial charge in [0.15, 0.2) is 0 Å². The second kappa shape index (κ2) is 6.21. The smallest absolute Gasteiger partial charge is 0.123 e. The predicted molar refractivity (Wildman–Crippen MR) is 96.9 cm³/mol. The number of aromatic nitrogens is 1. The molecule has 4 rings (SSSR count). The fraction of sp³-hybridized carbons (Fsp3) is 0.227. The van der Waals surface area contributed by atoms with E-state index in [0.717, 1.165) is 30.7 Å². The lowest BCUT2D eigenvalue weighted by molar-refractivity contribution is -0.972. The van der Waals surface area contributed by atoms with Crippen LogP contribution in [0.4, 0.5) is 0 Å². The number of hydrogen-bond acceptors (Lipinski definition) is 1. The SMILES string of the molecule is Cc1cnc2c(c1)C[N+](Cc1ccccc1)(Cc1ccccc1)C2. The van der Waals surface area contributed by atoms with Gasteiger partial charge >= 0.3 is 0 Å². The van der Waals surface area contributed by atoms with Gasteiger partial charge in [-0.2, -0.15) is 0 Å². The van der Waals surface area contributed by atoms with Crippen LogP contribution < -0.4 is 0 Å². The van der Waals surface area contributed by atoms with Gasteiger partial charge in [-0.25, -0.2) is 0 Å². The van der Waals surface area contributed by atoms with E-state index in [1.165, 1.54) is 27.9 Å². The highest BCUT2D eigenvalue weighted by molar-refractivity contribution is 5.26. The van der Waals surface area contributed by atoms with Gasteiger partial charge < -0.3 is 4.48 Å². The van der Waals surface area contributed by atoms with Crippen LogP contribution in [0.25, 0.3) is 0 Å². The van der Waals surface area contributed by atoms with Crippen molar-refractivity contribution in [1.82, 2.24) is 4.98 Å². The van der Waals surface area contributed by atoms with Crippen LogP contribution in [0, 0.1) is 6.92 Å². The van der Waals surface area contributed by atoms with E-state index >= 15 is 0 Å². The Kier molecular flexibility index (Phi) is 3.91. The summed E-state index contributed by atoms with van der Waals surface area (Å²) in [5.41, 5.74) is 6.75. The summed E-state index contributed by atoms with van der Waals surface area (Å²) in [7, 11) is 0. The summed E-state index contributed by atoms with van der Waals surface area (Å²) < 4.78 is 1.03. The Hall–Kier alpha value is -2.45. The van der Waals surface area contributed by atoms with Crippen LogP contribution in [0.15, 0.2) is 72.9 Å². The number of aryl methyl sites for hydroxylation is 1. The summed E-state index contributed by atoms with van der Waals surface area (Å²) in [6.45, 7) is 6.30. The number of hydrogen-bond donors (Lipinski definition) is 0. The van der Waals surface area contributed by atoms with Gasteiger partial charge in [0.05, 0.1) is 0 Å². The quantitative estimate of drug-likeness (QED) is 0.640. The number of quaternary nitrogens is 1. The molecule has 0 unspecified atom stereocenters. The Balaban J connectivity index is 1.68. The molecule has 0 atom stereocenters. The minimum absolute atomic E-state index is 1.01. The van der Waals surface area contributed by atoms with Gasteiger partial charge in [-0.05, 0) is 18.6 Å². The van der Waals surface area contributed by atoms with Crippen LogP contribution in [0.2, 0.25) is 0 Å². The Morgan fingerprint density at radius 3 is 2.00 bits per heavy atom. The number of rotatable bonds is 4. The average molecular weight is 315 g/mol. The minimum Gasteiger partial charge on any atom is -0.307 e. The zero-order valence-corrected chi connectivity index (χ0v) is 14.2. The van der Waals surface area contributed by atoms with E-state index in [0.29, 0.717) is 0 Å². The topological polar surface area (TPSA) is 12.9 Å². The Morgan fingerprint density at radius 1 is 0.833 bits per heavy atom. The van der Waals surface area contributed by atoms with Crippen LogP contribution in [-0.2, 0) is 26.2 Å². The van der Waals surface area contributed by atoms with Crippen LogP contribution in [0.3, 0.4) is 0 Å². The summed E-state index contributed by atoms with van der Waals surface area (Å²) in [5.74, 6) is 0. The molecule has 0 spiro atoms. The molecule has 0 N–H and O–H groups in total. The highest BCUT2D eigenvalue weighted by Crippen LogP contribution is 2.33. The average Bonchev–Trinajstić information content (AvgIpc) is 2.93. The predicted octanol–water partition coefficient (Wildman–Crippen LogP) is 4.62. The maximum atomic E-state index is 4.72. The number of pyridine rings is 1. The third kappa shape index (κ3) is 3.10. The lowest BCUT2D eigenvalue weighted by atomic mass is 10.1. The van der Waals surface area contributed by atoms with E-state index in [4.69, 9.17) is 4.98 Å². The lowest BCUT2D eigenvalue weighted by Crippen LogP contribution is -2.41. The van der Waals surface area contributed by atoms with Crippen molar-refractivity contribution in [3.8, 4) is 0 Å². The van der Waals surface area contributed by atoms with Gasteiger partial charge in [0.25, 0.3) is 0 Å². The Labute approximate surface area is 144 Å². The van der Waals surface area contributed by atoms with Gasteiger partial charge in [-0.3, -0.25) is 4.98 Å². The van der Waals surface area contributed by atoms with E-state index < -0.39 is 0 Å². The van der Waals surface area contributed by atoms with Crippen molar-refractivity contribution in [3.05, 3.63) is 101 Å². The van der Waals surface area contributed by atoms with E-state index in [1.54, 1.807) is 0 Å². The van der Waals surface area contributed by atoms with Gasteiger partial charge in [-0.15, -0.1) is 0 Å². The molecule has 0 bridgehead atoms. The zero-order chi connectivity index (χ0) is 16.4. The van der Waals surface area contributed by atoms with Gasteiger partial charge in [0.1, 0.15) is 31.9 Å². The molecule has 1 aromatic heterocycles. The fourth-order valence-electron chi connectivity index (χ4n) is 3.89. The third-order valence-electron chi connectivity index (χ3n) is 4.91. The number of benzene rings is 2. The van der Waals surface area contributed by atoms with E-state index in [9.17, 15) is 0 Å². The molecule has 0 fully saturated rings. The monoisotopic (exact) mass is 315 g/mol. The second-order valence-corrected chi connectivity index (χ2v) is 7.06. The summed E-state index contributed by atoms with van der Waals surface area (Å²) in [5, 5.41) is 0. The number of nitrogens with zero attached hydrogens (tertiary/aromatic N) is 2. The summed E-state index contributed by atoms with van der Waals surface area (Å²) in [6.07, 6.45) is 2.00. The van der Waals surface area contributed by atoms with Crippen molar-refractivity contribution >= 4 is 0 Å². The van der Waals surface area contributed by atoms with Crippen LogP contribution in [0.5, 0.6) is 0 Å². The van der Waals surface area contributed by atoms with Crippen molar-refractivity contribution in [2.24, 2.45) is 0 Å². The molecule has 0 saturated heterocycles. The van der Waals surface area contributed by atoms with Gasteiger partial charge in [-0.1, -0.05) is 60.7 Å². The second-order valence-electron chi connectivity index (χ2n) is 7.06. The van der Waals surface area contributed by atoms with E-state index in [-0.39, 0.29) is 0 Å². The molecule has 1 aliphatic rings. The van der Waals surface area contributed by atoms with Gasteiger partial charge in [0, 0.05) is 22.9 Å². The van der Waals surface area contributed by atoms with Crippen molar-refractivity contribution in [3.63, 3.8) is 0 Å². The van der Waals surface area contributed by atoms with Crippen molar-refractivity contribution in [2.75, 3.05) is 0 Å². The van der Waals surface area contributed by atoms with Crippen molar-refractivity contribution in [1.29, 1.82) is 0 Å². The minimum atomic E-state index is 1.01. The van der Waals surface area contributed by atoms with Crippen molar-refractivity contribution < 1.29 is 4.48 Å². The summed E-state index contributed by atoms with van der Waals surface area (Å²) >= 11 is 0. The van der Waals surface area contributed by atoms with Crippen molar-refractivity contribution in [2.45, 2.75) is 33.1 Å². The largest absolute Gasteiger partial charge is 0.307 e. The first-order chi connectivity index (χ1) is 11.7. The van der Waals surface area contributed by atoms with Crippen LogP contribution in [0.1, 0.15) is 27.9 Å². The summed E-state index contributed by atoms with van der Waals surface area (Å²) in [6, 6.07) is 24.0. The molecule has 24 heavy (non-hydrogen) atoms. The van der Waals surface area contributed by atoms with Crippen LogP contribution in [-0.4, -0.2) is 9.47 Å². The van der Waals surface area contributed by atoms with E-state index in [2.05, 4.69) is 73.7 Å². The highest BCUT2D eigenvalue weighted by Gasteiger charge is 2.37. The lowest BCUT2D eigenvalue weighted by Gasteiger charge is -2.34. The molecule has 1 aliphatic heterocycles. The number of fused-ring (bicyclic) bond motifs is 1. The molecule has 0 saturated carbocycles. The van der Waals surface area contributed by atoms with E-state index in [1.807, 2.05) is 6.20 Å². The molecular weight excluding hydrogens is 292 g/mol. The molecule has 0 amide bonds. The first kappa shape index (κ1) is 15.1. The summed E-state index contributed by atoms with van der Waals surface area (Å²) in [4.78, 5) is 4.72. The van der Waals surface area contributed by atoms with Gasteiger partial charge in [0.2, 0.25) is 0 Å².